The summed E-state index contributed by atoms with van der Waals surface area (Å²) in [6.07, 6.45) is 0.853. The molecule has 0 spiro atoms. The van der Waals surface area contributed by atoms with Gasteiger partial charge >= 0.3 is 0 Å². The van der Waals surface area contributed by atoms with E-state index < -0.39 is 0 Å². The van der Waals surface area contributed by atoms with Crippen molar-refractivity contribution in [3.63, 3.8) is 0 Å². The second-order valence-corrected chi connectivity index (χ2v) is 4.33. The maximum absolute atomic E-state index is 9.21. The number of nitrogens with zero attached hydrogens (tertiary/aromatic N) is 2. The molecule has 0 radical (unpaired) electrons. The molecule has 92 valence electrons. The first kappa shape index (κ1) is 13.5. The van der Waals surface area contributed by atoms with Gasteiger partial charge in [0.15, 0.2) is 0 Å². The van der Waals surface area contributed by atoms with E-state index >= 15 is 0 Å². The van der Waals surface area contributed by atoms with Crippen LogP contribution >= 0.6 is 0 Å². The van der Waals surface area contributed by atoms with Crippen molar-refractivity contribution < 1.29 is 4.74 Å². The van der Waals surface area contributed by atoms with Crippen LogP contribution in [0.15, 0.2) is 24.3 Å². The molecule has 3 heteroatoms. The minimum absolute atomic E-state index is 0.0124. The van der Waals surface area contributed by atoms with Gasteiger partial charge in [-0.2, -0.15) is 5.26 Å². The molecule has 3 nitrogen and oxygen atoms in total. The number of hydrogen-bond acceptors (Lipinski definition) is 3. The van der Waals surface area contributed by atoms with Crippen molar-refractivity contribution in [1.29, 1.82) is 5.26 Å². The van der Waals surface area contributed by atoms with Gasteiger partial charge in [0.2, 0.25) is 0 Å². The number of nitriles is 1. The van der Waals surface area contributed by atoms with Crippen molar-refractivity contribution in [2.75, 3.05) is 21.2 Å². The summed E-state index contributed by atoms with van der Waals surface area (Å²) in [5.41, 5.74) is 1.16. The molecule has 0 N–H and O–H groups in total. The van der Waals surface area contributed by atoms with Gasteiger partial charge in [0.25, 0.3) is 0 Å². The van der Waals surface area contributed by atoms with E-state index in [0.29, 0.717) is 0 Å². The van der Waals surface area contributed by atoms with Crippen molar-refractivity contribution in [2.24, 2.45) is 5.92 Å². The van der Waals surface area contributed by atoms with Crippen molar-refractivity contribution in [2.45, 2.75) is 19.4 Å². The van der Waals surface area contributed by atoms with Crippen LogP contribution in [0, 0.1) is 17.2 Å². The van der Waals surface area contributed by atoms with Gasteiger partial charge in [-0.15, -0.1) is 0 Å². The molecule has 0 heterocycles. The lowest BCUT2D eigenvalue weighted by Crippen LogP contribution is -2.26. The predicted molar refractivity (Wildman–Crippen MR) is 68.8 cm³/mol. The van der Waals surface area contributed by atoms with E-state index in [1.807, 2.05) is 45.3 Å². The summed E-state index contributed by atoms with van der Waals surface area (Å²) in [6.45, 7) is 2.05. The Morgan fingerprint density at radius 1 is 1.29 bits per heavy atom. The fourth-order valence-electron chi connectivity index (χ4n) is 2.08. The molecule has 1 aromatic rings. The van der Waals surface area contributed by atoms with Gasteiger partial charge in [-0.25, -0.2) is 0 Å². The maximum Gasteiger partial charge on any atom is 0.118 e. The van der Waals surface area contributed by atoms with Gasteiger partial charge in [-0.05, 0) is 38.2 Å². The van der Waals surface area contributed by atoms with Gasteiger partial charge in [-0.1, -0.05) is 19.1 Å². The molecule has 0 aliphatic heterocycles. The summed E-state index contributed by atoms with van der Waals surface area (Å²) in [5, 5.41) is 9.21. The van der Waals surface area contributed by atoms with E-state index in [2.05, 4.69) is 11.0 Å². The molecule has 0 fully saturated rings. The van der Waals surface area contributed by atoms with Crippen LogP contribution in [0.3, 0.4) is 0 Å². The van der Waals surface area contributed by atoms with Crippen LogP contribution in [0.2, 0.25) is 0 Å². The summed E-state index contributed by atoms with van der Waals surface area (Å²) in [5.74, 6) is 0.856. The quantitative estimate of drug-likeness (QED) is 0.783. The third kappa shape index (κ3) is 3.21. The monoisotopic (exact) mass is 232 g/mol. The van der Waals surface area contributed by atoms with Gasteiger partial charge in [0.05, 0.1) is 25.1 Å². The molecule has 17 heavy (non-hydrogen) atoms. The second-order valence-electron chi connectivity index (χ2n) is 4.33. The maximum atomic E-state index is 9.21. The molecule has 0 aliphatic rings. The van der Waals surface area contributed by atoms with Crippen LogP contribution in [-0.2, 0) is 0 Å². The molecule has 1 rings (SSSR count). The summed E-state index contributed by atoms with van der Waals surface area (Å²) >= 11 is 0. The Bertz CT molecular complexity index is 378. The van der Waals surface area contributed by atoms with E-state index in [0.717, 1.165) is 17.7 Å². The Morgan fingerprint density at radius 3 is 2.24 bits per heavy atom. The van der Waals surface area contributed by atoms with Crippen LogP contribution in [0.1, 0.15) is 24.9 Å². The Balaban J connectivity index is 3.01. The molecule has 0 aliphatic carbocycles. The fourth-order valence-corrected chi connectivity index (χ4v) is 2.08. The molecule has 2 unspecified atom stereocenters. The molecule has 0 amide bonds. The third-order valence-corrected chi connectivity index (χ3v) is 3.00. The molecule has 0 saturated heterocycles. The zero-order chi connectivity index (χ0) is 12.8. The van der Waals surface area contributed by atoms with Crippen LogP contribution in [0.5, 0.6) is 5.75 Å². The summed E-state index contributed by atoms with van der Waals surface area (Å²) in [6, 6.07) is 10.5. The Hall–Kier alpha value is -1.53. The first-order chi connectivity index (χ1) is 8.13. The fraction of sp³-hybridized carbons (Fsp3) is 0.500. The summed E-state index contributed by atoms with van der Waals surface area (Å²) in [7, 11) is 5.67. The zero-order valence-electron chi connectivity index (χ0n) is 11.0. The summed E-state index contributed by atoms with van der Waals surface area (Å²) < 4.78 is 5.14. The SMILES string of the molecule is CCC(C#N)C(c1ccc(OC)cc1)N(C)C. The van der Waals surface area contributed by atoms with Gasteiger partial charge < -0.3 is 9.64 Å². The Morgan fingerprint density at radius 2 is 1.88 bits per heavy atom. The average molecular weight is 232 g/mol. The molecule has 2 atom stereocenters. The number of benzene rings is 1. The second kappa shape index (κ2) is 6.27. The van der Waals surface area contributed by atoms with Crippen molar-refractivity contribution in [3.8, 4) is 11.8 Å². The largest absolute Gasteiger partial charge is 0.497 e. The number of hydrogen-bond donors (Lipinski definition) is 0. The first-order valence-corrected chi connectivity index (χ1v) is 5.84. The van der Waals surface area contributed by atoms with Crippen LogP contribution < -0.4 is 4.74 Å². The molecular weight excluding hydrogens is 212 g/mol. The van der Waals surface area contributed by atoms with Gasteiger partial charge in [0.1, 0.15) is 5.75 Å². The van der Waals surface area contributed by atoms with Crippen LogP contribution in [-0.4, -0.2) is 26.1 Å². The van der Waals surface area contributed by atoms with E-state index in [-0.39, 0.29) is 12.0 Å². The highest BCUT2D eigenvalue weighted by Crippen LogP contribution is 2.29. The number of rotatable bonds is 5. The van der Waals surface area contributed by atoms with Gasteiger partial charge in [0, 0.05) is 0 Å². The number of ether oxygens (including phenoxy) is 1. The Labute approximate surface area is 104 Å². The lowest BCUT2D eigenvalue weighted by Gasteiger charge is -2.28. The Kier molecular flexibility index (Phi) is 4.99. The highest BCUT2D eigenvalue weighted by molar-refractivity contribution is 5.30. The smallest absolute Gasteiger partial charge is 0.118 e. The third-order valence-electron chi connectivity index (χ3n) is 3.00. The number of methoxy groups -OCH3 is 1. The molecule has 1 aromatic carbocycles. The van der Waals surface area contributed by atoms with E-state index in [1.54, 1.807) is 7.11 Å². The minimum atomic E-state index is 0.0124. The summed E-state index contributed by atoms with van der Waals surface area (Å²) in [4.78, 5) is 2.10. The van der Waals surface area contributed by atoms with E-state index in [4.69, 9.17) is 4.74 Å². The normalized spacial score (nSPS) is 14.1. The average Bonchev–Trinajstić information content (AvgIpc) is 2.35. The van der Waals surface area contributed by atoms with Gasteiger partial charge in [-0.3, -0.25) is 0 Å². The van der Waals surface area contributed by atoms with E-state index in [1.165, 1.54) is 0 Å². The van der Waals surface area contributed by atoms with Crippen molar-refractivity contribution >= 4 is 0 Å². The highest BCUT2D eigenvalue weighted by atomic mass is 16.5. The van der Waals surface area contributed by atoms with Crippen LogP contribution in [0.4, 0.5) is 0 Å². The van der Waals surface area contributed by atoms with Crippen molar-refractivity contribution in [1.82, 2.24) is 4.90 Å². The lowest BCUT2D eigenvalue weighted by atomic mass is 9.91. The standard InChI is InChI=1S/C14H20N2O/c1-5-11(10-15)14(16(2)3)12-6-8-13(17-4)9-7-12/h6-9,11,14H,5H2,1-4H3. The van der Waals surface area contributed by atoms with E-state index in [9.17, 15) is 5.26 Å². The molecular formula is C14H20N2O. The molecule has 0 saturated carbocycles. The first-order valence-electron chi connectivity index (χ1n) is 5.84. The molecule has 0 aromatic heterocycles. The molecule has 0 bridgehead atoms. The highest BCUT2D eigenvalue weighted by Gasteiger charge is 2.23. The van der Waals surface area contributed by atoms with Crippen LogP contribution in [0.25, 0.3) is 0 Å². The predicted octanol–water partition coefficient (Wildman–Crippen LogP) is 2.85. The lowest BCUT2D eigenvalue weighted by molar-refractivity contribution is 0.241. The van der Waals surface area contributed by atoms with Crippen molar-refractivity contribution in [3.05, 3.63) is 29.8 Å². The topological polar surface area (TPSA) is 36.3 Å². The minimum Gasteiger partial charge on any atom is -0.497 e. The zero-order valence-corrected chi connectivity index (χ0v) is 11.0.